The minimum atomic E-state index is -0.711. The van der Waals surface area contributed by atoms with Gasteiger partial charge in [-0.05, 0) is 25.5 Å². The van der Waals surface area contributed by atoms with Gasteiger partial charge in [0.25, 0.3) is 5.91 Å². The Balaban J connectivity index is 1.84. The quantitative estimate of drug-likeness (QED) is 0.828. The number of carbonyl (C=O) groups excluding carboxylic acids is 2. The molecule has 1 aromatic rings. The largest absolute Gasteiger partial charge is 0.382 e. The Morgan fingerprint density at radius 1 is 1.55 bits per heavy atom. The molecule has 6 nitrogen and oxygen atoms in total. The Bertz CT molecular complexity index is 588. The van der Waals surface area contributed by atoms with Crippen LogP contribution in [0, 0.1) is 0 Å². The van der Waals surface area contributed by atoms with Crippen molar-refractivity contribution in [3.63, 3.8) is 0 Å². The minimum absolute atomic E-state index is 0.209. The first-order valence-electron chi connectivity index (χ1n) is 7.07. The summed E-state index contributed by atoms with van der Waals surface area (Å²) in [4.78, 5) is 29.9. The van der Waals surface area contributed by atoms with Gasteiger partial charge in [-0.3, -0.25) is 9.59 Å². The van der Waals surface area contributed by atoms with E-state index in [9.17, 15) is 9.59 Å². The first-order chi connectivity index (χ1) is 10.5. The lowest BCUT2D eigenvalue weighted by atomic mass is 10.1. The van der Waals surface area contributed by atoms with Gasteiger partial charge in [0.05, 0.1) is 9.21 Å². The Hall–Kier alpha value is -1.60. The SMILES string of the molecule is CCCNC(=O)C(C)NC(=O)C1CC(c2ccc(Cl)s2)=NO1. The van der Waals surface area contributed by atoms with E-state index >= 15 is 0 Å². The zero-order valence-corrected chi connectivity index (χ0v) is 14.0. The summed E-state index contributed by atoms with van der Waals surface area (Å²) in [6, 6.07) is 3.01. The number of hydrogen-bond acceptors (Lipinski definition) is 5. The number of hydrogen-bond donors (Lipinski definition) is 2. The van der Waals surface area contributed by atoms with Crippen LogP contribution in [0.5, 0.6) is 0 Å². The summed E-state index contributed by atoms with van der Waals surface area (Å²) in [7, 11) is 0. The number of oxime groups is 1. The second-order valence-corrected chi connectivity index (χ2v) is 6.68. The Morgan fingerprint density at radius 2 is 2.32 bits per heavy atom. The summed E-state index contributed by atoms with van der Waals surface area (Å²) in [6.07, 6.45) is 0.502. The van der Waals surface area contributed by atoms with Crippen molar-refractivity contribution in [2.24, 2.45) is 5.16 Å². The molecule has 0 bridgehead atoms. The van der Waals surface area contributed by atoms with E-state index in [2.05, 4.69) is 15.8 Å². The summed E-state index contributed by atoms with van der Waals surface area (Å²) >= 11 is 7.27. The third-order valence-electron chi connectivity index (χ3n) is 3.12. The smallest absolute Gasteiger partial charge is 0.264 e. The predicted octanol–water partition coefficient (Wildman–Crippen LogP) is 1.93. The molecule has 2 atom stereocenters. The summed E-state index contributed by atoms with van der Waals surface area (Å²) in [6.45, 7) is 4.19. The van der Waals surface area contributed by atoms with E-state index in [1.165, 1.54) is 11.3 Å². The van der Waals surface area contributed by atoms with Gasteiger partial charge in [-0.2, -0.15) is 0 Å². The minimum Gasteiger partial charge on any atom is -0.382 e. The number of carbonyl (C=O) groups is 2. The standard InChI is InChI=1S/C14H18ClN3O3S/c1-3-6-16-13(19)8(2)17-14(20)10-7-9(18-21-10)11-4-5-12(15)22-11/h4-5,8,10H,3,6-7H2,1-2H3,(H,16,19)(H,17,20). The van der Waals surface area contributed by atoms with Crippen molar-refractivity contribution in [3.05, 3.63) is 21.3 Å². The Kier molecular flexibility index (Phi) is 5.79. The second kappa shape index (κ2) is 7.60. The van der Waals surface area contributed by atoms with E-state index in [4.69, 9.17) is 16.4 Å². The molecule has 1 aliphatic rings. The highest BCUT2D eigenvalue weighted by Crippen LogP contribution is 2.26. The fourth-order valence-electron chi connectivity index (χ4n) is 1.91. The Morgan fingerprint density at radius 3 is 2.95 bits per heavy atom. The van der Waals surface area contributed by atoms with Crippen LogP contribution in [0.1, 0.15) is 31.6 Å². The van der Waals surface area contributed by atoms with Crippen molar-refractivity contribution in [1.82, 2.24) is 10.6 Å². The van der Waals surface area contributed by atoms with Gasteiger partial charge in [0.2, 0.25) is 12.0 Å². The molecule has 2 unspecified atom stereocenters. The van der Waals surface area contributed by atoms with Gasteiger partial charge in [-0.1, -0.05) is 23.7 Å². The number of nitrogens with zero attached hydrogens (tertiary/aromatic N) is 1. The first kappa shape index (κ1) is 16.8. The van der Waals surface area contributed by atoms with E-state index in [1.807, 2.05) is 13.0 Å². The summed E-state index contributed by atoms with van der Waals surface area (Å²) in [5.74, 6) is -0.556. The molecule has 22 heavy (non-hydrogen) atoms. The van der Waals surface area contributed by atoms with Crippen molar-refractivity contribution in [1.29, 1.82) is 0 Å². The third kappa shape index (κ3) is 4.20. The topological polar surface area (TPSA) is 79.8 Å². The van der Waals surface area contributed by atoms with Crippen LogP contribution >= 0.6 is 22.9 Å². The van der Waals surface area contributed by atoms with Gasteiger partial charge in [-0.25, -0.2) is 0 Å². The van der Waals surface area contributed by atoms with Crippen LogP contribution in [0.25, 0.3) is 0 Å². The van der Waals surface area contributed by atoms with Crippen LogP contribution in [0.2, 0.25) is 4.34 Å². The number of halogens is 1. The fourth-order valence-corrected chi connectivity index (χ4v) is 2.94. The lowest BCUT2D eigenvalue weighted by Gasteiger charge is -2.15. The van der Waals surface area contributed by atoms with E-state index in [1.54, 1.807) is 13.0 Å². The highest BCUT2D eigenvalue weighted by atomic mass is 35.5. The van der Waals surface area contributed by atoms with E-state index in [-0.39, 0.29) is 11.8 Å². The molecule has 1 aromatic heterocycles. The van der Waals surface area contributed by atoms with Crippen LogP contribution in [-0.2, 0) is 14.4 Å². The van der Waals surface area contributed by atoms with Crippen molar-refractivity contribution in [3.8, 4) is 0 Å². The van der Waals surface area contributed by atoms with Crippen LogP contribution in [0.4, 0.5) is 0 Å². The molecule has 0 spiro atoms. The van der Waals surface area contributed by atoms with Crippen molar-refractivity contribution < 1.29 is 14.4 Å². The molecule has 120 valence electrons. The van der Waals surface area contributed by atoms with Crippen LogP contribution < -0.4 is 10.6 Å². The molecular formula is C14H18ClN3O3S. The zero-order valence-electron chi connectivity index (χ0n) is 12.4. The molecule has 2 rings (SSSR count). The second-order valence-electron chi connectivity index (χ2n) is 4.96. The van der Waals surface area contributed by atoms with Crippen molar-refractivity contribution in [2.45, 2.75) is 38.8 Å². The molecule has 0 saturated carbocycles. The van der Waals surface area contributed by atoms with Gasteiger partial charge < -0.3 is 15.5 Å². The number of thiophene rings is 1. The average Bonchev–Trinajstić information content (AvgIpc) is 3.13. The molecule has 0 aromatic carbocycles. The molecule has 0 fully saturated rings. The lowest BCUT2D eigenvalue weighted by molar-refractivity contribution is -0.135. The molecule has 1 aliphatic heterocycles. The fraction of sp³-hybridized carbons (Fsp3) is 0.500. The van der Waals surface area contributed by atoms with Crippen LogP contribution in [0.3, 0.4) is 0 Å². The van der Waals surface area contributed by atoms with E-state index in [0.29, 0.717) is 23.0 Å². The van der Waals surface area contributed by atoms with Crippen LogP contribution in [0.15, 0.2) is 17.3 Å². The van der Waals surface area contributed by atoms with Crippen LogP contribution in [-0.4, -0.2) is 36.2 Å². The molecule has 2 amide bonds. The number of amides is 2. The van der Waals surface area contributed by atoms with Crippen molar-refractivity contribution >= 4 is 40.5 Å². The maximum atomic E-state index is 12.1. The average molecular weight is 344 g/mol. The van der Waals surface area contributed by atoms with Gasteiger partial charge in [0.15, 0.2) is 0 Å². The van der Waals surface area contributed by atoms with Gasteiger partial charge >= 0.3 is 0 Å². The predicted molar refractivity (Wildman–Crippen MR) is 86.3 cm³/mol. The first-order valence-corrected chi connectivity index (χ1v) is 8.27. The number of rotatable bonds is 6. The summed E-state index contributed by atoms with van der Waals surface area (Å²) < 4.78 is 0.659. The monoisotopic (exact) mass is 343 g/mol. The molecule has 0 radical (unpaired) electrons. The third-order valence-corrected chi connectivity index (χ3v) is 4.40. The van der Waals surface area contributed by atoms with E-state index < -0.39 is 12.1 Å². The lowest BCUT2D eigenvalue weighted by Crippen LogP contribution is -2.48. The molecule has 8 heteroatoms. The van der Waals surface area contributed by atoms with Gasteiger partial charge in [0.1, 0.15) is 11.8 Å². The van der Waals surface area contributed by atoms with Gasteiger partial charge in [-0.15, -0.1) is 11.3 Å². The summed E-state index contributed by atoms with van der Waals surface area (Å²) in [5.41, 5.74) is 0.695. The van der Waals surface area contributed by atoms with Crippen molar-refractivity contribution in [2.75, 3.05) is 6.54 Å². The number of nitrogens with one attached hydrogen (secondary N) is 2. The maximum Gasteiger partial charge on any atom is 0.264 e. The maximum absolute atomic E-state index is 12.1. The summed E-state index contributed by atoms with van der Waals surface area (Å²) in [5, 5.41) is 9.30. The molecule has 2 N–H and O–H groups in total. The highest BCUT2D eigenvalue weighted by Gasteiger charge is 2.31. The molecule has 0 saturated heterocycles. The zero-order chi connectivity index (χ0) is 16.1. The molecular weight excluding hydrogens is 326 g/mol. The molecule has 0 aliphatic carbocycles. The molecule has 2 heterocycles. The normalized spacial score (nSPS) is 18.3. The highest BCUT2D eigenvalue weighted by molar-refractivity contribution is 7.18. The van der Waals surface area contributed by atoms with Gasteiger partial charge in [0, 0.05) is 13.0 Å². The Labute approximate surface area is 137 Å². The van der Waals surface area contributed by atoms with E-state index in [0.717, 1.165) is 11.3 Å².